The second-order valence-corrected chi connectivity index (χ2v) is 1.90. The summed E-state index contributed by atoms with van der Waals surface area (Å²) in [5.74, 6) is 9.36. The standard InChI is InChI=1S/2CH4N4S.Na/c2*2-4-1(6)5-3;/h2*2H,3H2,(H,5,6);. The van der Waals surface area contributed by atoms with E-state index in [1.807, 2.05) is 10.9 Å². The third-order valence-corrected chi connectivity index (χ3v) is 0.868. The van der Waals surface area contributed by atoms with Gasteiger partial charge in [-0.05, 0) is 24.4 Å². The molecule has 13 heavy (non-hydrogen) atoms. The number of hydrogen-bond donors (Lipinski definition) is 6. The average Bonchev–Trinajstić information content (AvgIpc) is 2.16. The van der Waals surface area contributed by atoms with Crippen molar-refractivity contribution < 1.29 is 0 Å². The first-order valence-corrected chi connectivity index (χ1v) is 3.20. The van der Waals surface area contributed by atoms with Gasteiger partial charge in [-0.25, -0.2) is 22.7 Å². The molecule has 0 unspecified atom stereocenters. The van der Waals surface area contributed by atoms with Crippen molar-refractivity contribution in [2.75, 3.05) is 0 Å². The Kier molecular flexibility index (Phi) is 20.7. The van der Waals surface area contributed by atoms with Crippen molar-refractivity contribution in [2.24, 2.45) is 21.9 Å². The molecule has 0 fully saturated rings. The molecule has 0 bridgehead atoms. The molecule has 0 aromatic heterocycles. The zero-order valence-corrected chi connectivity index (χ0v) is 10.5. The van der Waals surface area contributed by atoms with Crippen LogP contribution in [0.5, 0.6) is 0 Å². The van der Waals surface area contributed by atoms with Crippen LogP contribution in [0, 0.1) is 11.1 Å². The van der Waals surface area contributed by atoms with E-state index < -0.39 is 0 Å². The maximum absolute atomic E-state index is 6.15. The fourth-order valence-electron chi connectivity index (χ4n) is 0.0645. The Balaban J connectivity index is -0.000000143. The molecule has 0 aromatic carbocycles. The molecular formula is C2H8N8NaS2. The Morgan fingerprint density at radius 2 is 1.23 bits per heavy atom. The molecular weight excluding hydrogens is 223 g/mol. The summed E-state index contributed by atoms with van der Waals surface area (Å²) in [5, 5.41) is 5.50. The smallest absolute Gasteiger partial charge is 0.227 e. The van der Waals surface area contributed by atoms with Crippen LogP contribution in [0.25, 0.3) is 0 Å². The van der Waals surface area contributed by atoms with Gasteiger partial charge in [0.2, 0.25) is 10.2 Å². The molecule has 0 aromatic rings. The Bertz CT molecular complexity index is 161. The molecule has 0 aliphatic carbocycles. The normalized spacial score (nSPS) is 6.31. The molecule has 0 aliphatic heterocycles. The van der Waals surface area contributed by atoms with E-state index in [4.69, 9.17) is 11.1 Å². The molecule has 8 N–H and O–H groups in total. The fourth-order valence-corrected chi connectivity index (χ4v) is 0.0645. The van der Waals surface area contributed by atoms with Gasteiger partial charge in [0.1, 0.15) is 0 Å². The van der Waals surface area contributed by atoms with Crippen molar-refractivity contribution in [1.82, 2.24) is 10.9 Å². The Hall–Kier alpha value is -0.100. The summed E-state index contributed by atoms with van der Waals surface area (Å²) in [7, 11) is 0. The van der Waals surface area contributed by atoms with Gasteiger partial charge in [-0.2, -0.15) is 0 Å². The SMILES string of the molecule is N=NC(=S)NN.N=NC(=S)NN.[Na]. The molecule has 8 nitrogen and oxygen atoms in total. The van der Waals surface area contributed by atoms with Crippen LogP contribution in [-0.2, 0) is 0 Å². The Labute approximate surface area is 107 Å². The third kappa shape index (κ3) is 18.7. The molecule has 1 radical (unpaired) electrons. The molecule has 0 spiro atoms. The quantitative estimate of drug-likeness (QED) is 0.105. The van der Waals surface area contributed by atoms with E-state index in [1.54, 1.807) is 0 Å². The number of thiocarbonyl (C=S) groups is 2. The van der Waals surface area contributed by atoms with Crippen LogP contribution in [0.2, 0.25) is 0 Å². The van der Waals surface area contributed by atoms with Crippen LogP contribution in [0.3, 0.4) is 0 Å². The topological polar surface area (TPSA) is 149 Å². The zero-order chi connectivity index (χ0) is 9.98. The first-order chi connectivity index (χ1) is 5.62. The van der Waals surface area contributed by atoms with Crippen molar-refractivity contribution in [1.29, 1.82) is 11.1 Å². The van der Waals surface area contributed by atoms with E-state index in [9.17, 15) is 0 Å². The number of nitrogens with two attached hydrogens (primary N) is 2. The van der Waals surface area contributed by atoms with Crippen molar-refractivity contribution >= 4 is 64.2 Å². The Morgan fingerprint density at radius 3 is 1.23 bits per heavy atom. The number of nitrogens with one attached hydrogen (secondary N) is 4. The average molecular weight is 231 g/mol. The third-order valence-electron chi connectivity index (χ3n) is 0.450. The number of rotatable bonds is 0. The molecule has 0 saturated carbocycles. The summed E-state index contributed by atoms with van der Waals surface area (Å²) in [4.78, 5) is 0. The fraction of sp³-hybridized carbons (Fsp3) is 0. The van der Waals surface area contributed by atoms with Crippen molar-refractivity contribution in [3.05, 3.63) is 0 Å². The van der Waals surface area contributed by atoms with Crippen LogP contribution in [0.15, 0.2) is 10.2 Å². The summed E-state index contributed by atoms with van der Waals surface area (Å²) in [5.41, 5.74) is 16.3. The minimum atomic E-state index is -0.00463. The minimum Gasteiger partial charge on any atom is -0.298 e. The number of nitrogens with zero attached hydrogens (tertiary/aromatic N) is 2. The molecule has 0 aliphatic rings. The number of hydrazine groups is 2. The van der Waals surface area contributed by atoms with Gasteiger partial charge < -0.3 is 0 Å². The van der Waals surface area contributed by atoms with Gasteiger partial charge in [-0.3, -0.25) is 10.9 Å². The van der Waals surface area contributed by atoms with Gasteiger partial charge in [0.05, 0.1) is 0 Å². The van der Waals surface area contributed by atoms with Gasteiger partial charge in [-0.15, -0.1) is 10.2 Å². The largest absolute Gasteiger partial charge is 0.298 e. The molecule has 0 saturated heterocycles. The first kappa shape index (κ1) is 18.6. The molecule has 11 heteroatoms. The maximum Gasteiger partial charge on any atom is 0.227 e. The van der Waals surface area contributed by atoms with Gasteiger partial charge in [0.25, 0.3) is 0 Å². The second-order valence-electron chi connectivity index (χ2n) is 1.12. The molecule has 0 heterocycles. The van der Waals surface area contributed by atoms with Crippen LogP contribution in [-0.4, -0.2) is 39.8 Å². The van der Waals surface area contributed by atoms with Crippen LogP contribution in [0.1, 0.15) is 0 Å². The minimum absolute atomic E-state index is 0. The van der Waals surface area contributed by atoms with Crippen LogP contribution < -0.4 is 22.5 Å². The van der Waals surface area contributed by atoms with E-state index in [0.29, 0.717) is 0 Å². The number of hydrogen-bond acceptors (Lipinski definition) is 6. The summed E-state index contributed by atoms with van der Waals surface area (Å²) < 4.78 is 0. The summed E-state index contributed by atoms with van der Waals surface area (Å²) >= 11 is 8.53. The summed E-state index contributed by atoms with van der Waals surface area (Å²) in [6.07, 6.45) is 0. The van der Waals surface area contributed by atoms with E-state index >= 15 is 0 Å². The van der Waals surface area contributed by atoms with Crippen LogP contribution >= 0.6 is 24.4 Å². The first-order valence-electron chi connectivity index (χ1n) is 2.38. The van der Waals surface area contributed by atoms with E-state index in [2.05, 4.69) is 46.3 Å². The predicted octanol–water partition coefficient (Wildman–Crippen LogP) is -0.850. The van der Waals surface area contributed by atoms with Gasteiger partial charge in [0, 0.05) is 29.6 Å². The van der Waals surface area contributed by atoms with E-state index in [-0.39, 0.29) is 39.8 Å². The van der Waals surface area contributed by atoms with Gasteiger partial charge in [0.15, 0.2) is 0 Å². The van der Waals surface area contributed by atoms with Crippen molar-refractivity contribution in [3.63, 3.8) is 0 Å². The predicted molar refractivity (Wildman–Crippen MR) is 55.9 cm³/mol. The molecule has 0 rings (SSSR count). The Morgan fingerprint density at radius 1 is 1.00 bits per heavy atom. The summed E-state index contributed by atoms with van der Waals surface area (Å²) in [6, 6.07) is 0. The van der Waals surface area contributed by atoms with Crippen LogP contribution in [0.4, 0.5) is 0 Å². The summed E-state index contributed by atoms with van der Waals surface area (Å²) in [6.45, 7) is 0. The molecule has 0 atom stereocenters. The molecule has 0 amide bonds. The zero-order valence-electron chi connectivity index (χ0n) is 6.87. The van der Waals surface area contributed by atoms with Gasteiger partial charge in [-0.1, -0.05) is 0 Å². The monoisotopic (exact) mass is 231 g/mol. The van der Waals surface area contributed by atoms with Crippen molar-refractivity contribution in [3.8, 4) is 0 Å². The van der Waals surface area contributed by atoms with Gasteiger partial charge >= 0.3 is 0 Å². The van der Waals surface area contributed by atoms with Crippen molar-refractivity contribution in [2.45, 2.75) is 0 Å². The van der Waals surface area contributed by atoms with E-state index in [0.717, 1.165) is 0 Å². The second kappa shape index (κ2) is 14.4. The maximum atomic E-state index is 6.15. The molecule has 69 valence electrons. The van der Waals surface area contributed by atoms with E-state index in [1.165, 1.54) is 0 Å².